The summed E-state index contributed by atoms with van der Waals surface area (Å²) in [5.41, 5.74) is 1.43. The van der Waals surface area contributed by atoms with Crippen molar-refractivity contribution in [1.82, 2.24) is 0 Å². The maximum Gasteiger partial charge on any atom is 0.344 e. The Morgan fingerprint density at radius 3 is 2.59 bits per heavy atom. The van der Waals surface area contributed by atoms with Crippen molar-refractivity contribution in [2.75, 3.05) is 6.61 Å². The molecule has 0 fully saturated rings. The third kappa shape index (κ3) is 3.29. The van der Waals surface area contributed by atoms with Crippen LogP contribution in [0.3, 0.4) is 0 Å². The van der Waals surface area contributed by atoms with Crippen molar-refractivity contribution in [3.05, 3.63) is 81.4 Å². The highest BCUT2D eigenvalue weighted by Gasteiger charge is 2.44. The second-order valence-corrected chi connectivity index (χ2v) is 9.00. The van der Waals surface area contributed by atoms with E-state index in [2.05, 4.69) is 19.8 Å². The summed E-state index contributed by atoms with van der Waals surface area (Å²) >= 11 is 0. The number of rotatable bonds is 3. The molecule has 1 aliphatic heterocycles. The van der Waals surface area contributed by atoms with Crippen LogP contribution in [-0.2, 0) is 4.79 Å². The Bertz CT molecular complexity index is 1370. The zero-order valence-electron chi connectivity index (χ0n) is 17.9. The highest BCUT2D eigenvalue weighted by molar-refractivity contribution is 6.01. The van der Waals surface area contributed by atoms with Crippen molar-refractivity contribution in [3.8, 4) is 23.8 Å². The number of hydrogen-bond donors (Lipinski definition) is 0. The SMILES string of the molecule is C#CCOc1ccc(C2C3=C(CC(C)(C)CC3=O)Oc3c2c(=O)oc2ccccc32)cc1. The van der Waals surface area contributed by atoms with Crippen LogP contribution in [0.15, 0.2) is 69.1 Å². The van der Waals surface area contributed by atoms with Crippen LogP contribution in [0, 0.1) is 17.8 Å². The summed E-state index contributed by atoms with van der Waals surface area (Å²) in [6, 6.07) is 14.6. The molecule has 0 saturated carbocycles. The molecule has 5 rings (SSSR count). The van der Waals surface area contributed by atoms with Gasteiger partial charge >= 0.3 is 5.63 Å². The van der Waals surface area contributed by atoms with Gasteiger partial charge in [0.05, 0.1) is 16.9 Å². The Morgan fingerprint density at radius 1 is 1.09 bits per heavy atom. The Balaban J connectivity index is 1.74. The summed E-state index contributed by atoms with van der Waals surface area (Å²) in [5.74, 6) is 3.58. The van der Waals surface area contributed by atoms with Gasteiger partial charge in [0.2, 0.25) is 0 Å². The lowest BCUT2D eigenvalue weighted by Crippen LogP contribution is -2.34. The minimum Gasteiger partial charge on any atom is -0.481 e. The molecule has 1 atom stereocenters. The summed E-state index contributed by atoms with van der Waals surface area (Å²) in [6.45, 7) is 4.27. The fraction of sp³-hybridized carbons (Fsp3) is 0.259. The fourth-order valence-corrected chi connectivity index (χ4v) is 4.67. The van der Waals surface area contributed by atoms with Crippen molar-refractivity contribution in [2.24, 2.45) is 5.41 Å². The first-order valence-electron chi connectivity index (χ1n) is 10.5. The number of para-hydroxylation sites is 1. The predicted molar refractivity (Wildman–Crippen MR) is 121 cm³/mol. The summed E-state index contributed by atoms with van der Waals surface area (Å²) in [4.78, 5) is 26.5. The van der Waals surface area contributed by atoms with E-state index in [0.29, 0.717) is 52.2 Å². The van der Waals surface area contributed by atoms with Crippen LogP contribution in [0.4, 0.5) is 0 Å². The zero-order valence-corrected chi connectivity index (χ0v) is 17.9. The minimum absolute atomic E-state index is 0.00730. The summed E-state index contributed by atoms with van der Waals surface area (Å²) in [7, 11) is 0. The van der Waals surface area contributed by atoms with E-state index < -0.39 is 11.5 Å². The Labute approximate surface area is 185 Å². The number of carbonyl (C=O) groups is 1. The molecule has 1 aliphatic carbocycles. The topological polar surface area (TPSA) is 65.7 Å². The third-order valence-corrected chi connectivity index (χ3v) is 6.02. The number of hydrogen-bond acceptors (Lipinski definition) is 5. The molecule has 2 aromatic carbocycles. The maximum absolute atomic E-state index is 13.3. The molecule has 1 aromatic heterocycles. The first kappa shape index (κ1) is 20.1. The largest absolute Gasteiger partial charge is 0.481 e. The van der Waals surface area contributed by atoms with Gasteiger partial charge in [-0.15, -0.1) is 6.42 Å². The Hall–Kier alpha value is -3.78. The van der Waals surface area contributed by atoms with Gasteiger partial charge < -0.3 is 13.9 Å². The fourth-order valence-electron chi connectivity index (χ4n) is 4.67. The lowest BCUT2D eigenvalue weighted by Gasteiger charge is -2.38. The van der Waals surface area contributed by atoms with E-state index in [1.807, 2.05) is 30.3 Å². The van der Waals surface area contributed by atoms with Crippen LogP contribution < -0.4 is 15.1 Å². The maximum atomic E-state index is 13.3. The van der Waals surface area contributed by atoms with Crippen LogP contribution in [-0.4, -0.2) is 12.4 Å². The smallest absolute Gasteiger partial charge is 0.344 e. The molecular formula is C27H22O5. The van der Waals surface area contributed by atoms with Gasteiger partial charge in [0, 0.05) is 18.4 Å². The van der Waals surface area contributed by atoms with Gasteiger partial charge in [-0.05, 0) is 35.2 Å². The molecule has 2 aliphatic rings. The number of terminal acetylenes is 1. The van der Waals surface area contributed by atoms with Crippen molar-refractivity contribution < 1.29 is 18.7 Å². The molecule has 160 valence electrons. The van der Waals surface area contributed by atoms with E-state index in [-0.39, 0.29) is 17.8 Å². The number of benzene rings is 2. The average Bonchev–Trinajstić information content (AvgIpc) is 2.76. The lowest BCUT2D eigenvalue weighted by atomic mass is 9.70. The van der Waals surface area contributed by atoms with Crippen LogP contribution in [0.25, 0.3) is 11.0 Å². The molecule has 0 bridgehead atoms. The van der Waals surface area contributed by atoms with Crippen molar-refractivity contribution >= 4 is 16.8 Å². The molecule has 5 nitrogen and oxygen atoms in total. The summed E-state index contributed by atoms with van der Waals surface area (Å²) < 4.78 is 17.4. The monoisotopic (exact) mass is 426 g/mol. The second kappa shape index (κ2) is 7.42. The van der Waals surface area contributed by atoms with Gasteiger partial charge in [-0.25, -0.2) is 4.79 Å². The van der Waals surface area contributed by atoms with Gasteiger partial charge in [-0.1, -0.05) is 44.0 Å². The Morgan fingerprint density at radius 2 is 1.84 bits per heavy atom. The molecule has 0 amide bonds. The van der Waals surface area contributed by atoms with E-state index in [4.69, 9.17) is 20.3 Å². The van der Waals surface area contributed by atoms with E-state index in [1.165, 1.54) is 0 Å². The zero-order chi connectivity index (χ0) is 22.5. The lowest BCUT2D eigenvalue weighted by molar-refractivity contribution is -0.118. The van der Waals surface area contributed by atoms with Gasteiger partial charge in [0.1, 0.15) is 29.4 Å². The molecule has 0 N–H and O–H groups in total. The quantitative estimate of drug-likeness (QED) is 0.437. The second-order valence-electron chi connectivity index (χ2n) is 9.00. The van der Waals surface area contributed by atoms with E-state index in [1.54, 1.807) is 18.2 Å². The van der Waals surface area contributed by atoms with E-state index >= 15 is 0 Å². The number of ketones is 1. The van der Waals surface area contributed by atoms with Crippen LogP contribution >= 0.6 is 0 Å². The van der Waals surface area contributed by atoms with E-state index in [9.17, 15) is 9.59 Å². The van der Waals surface area contributed by atoms with Gasteiger partial charge in [-0.2, -0.15) is 0 Å². The molecule has 0 radical (unpaired) electrons. The van der Waals surface area contributed by atoms with Crippen molar-refractivity contribution in [2.45, 2.75) is 32.6 Å². The standard InChI is InChI=1S/C27H22O5/c1-4-13-30-17-11-9-16(10-12-17)22-23-19(28)14-27(2,3)15-21(23)31-25-18-7-5-6-8-20(18)32-26(29)24(22)25/h1,5-12,22H,13-15H2,2-3H3. The highest BCUT2D eigenvalue weighted by Crippen LogP contribution is 2.50. The van der Waals surface area contributed by atoms with Crippen molar-refractivity contribution in [3.63, 3.8) is 0 Å². The Kier molecular flexibility index (Phi) is 4.67. The average molecular weight is 426 g/mol. The molecule has 32 heavy (non-hydrogen) atoms. The van der Waals surface area contributed by atoms with Crippen LogP contribution in [0.2, 0.25) is 0 Å². The van der Waals surface area contributed by atoms with E-state index in [0.717, 1.165) is 5.56 Å². The minimum atomic E-state index is -0.570. The molecular weight excluding hydrogens is 404 g/mol. The first-order valence-corrected chi connectivity index (χ1v) is 10.5. The number of carbonyl (C=O) groups excluding carboxylic acids is 1. The van der Waals surface area contributed by atoms with Gasteiger partial charge in [0.25, 0.3) is 0 Å². The molecule has 3 aromatic rings. The molecule has 1 unspecified atom stereocenters. The summed E-state index contributed by atoms with van der Waals surface area (Å²) in [5, 5.41) is 0.712. The van der Waals surface area contributed by atoms with Crippen LogP contribution in [0.5, 0.6) is 11.5 Å². The normalized spacial score (nSPS) is 19.0. The molecule has 0 spiro atoms. The van der Waals surface area contributed by atoms with Crippen molar-refractivity contribution in [1.29, 1.82) is 0 Å². The first-order chi connectivity index (χ1) is 15.4. The van der Waals surface area contributed by atoms with Crippen LogP contribution in [0.1, 0.15) is 43.7 Å². The molecule has 2 heterocycles. The number of fused-ring (bicyclic) bond motifs is 3. The van der Waals surface area contributed by atoms with Gasteiger partial charge in [-0.3, -0.25) is 4.79 Å². The molecule has 0 saturated heterocycles. The van der Waals surface area contributed by atoms with Gasteiger partial charge in [0.15, 0.2) is 5.78 Å². The third-order valence-electron chi connectivity index (χ3n) is 6.02. The highest BCUT2D eigenvalue weighted by atomic mass is 16.5. The predicted octanol–water partition coefficient (Wildman–Crippen LogP) is 4.97. The number of Topliss-reactive ketones (excluding diaryl/α,β-unsaturated/α-hetero) is 1. The number of ether oxygens (including phenoxy) is 2. The number of allylic oxidation sites excluding steroid dienone is 2. The molecule has 5 heteroatoms. The summed E-state index contributed by atoms with van der Waals surface area (Å²) in [6.07, 6.45) is 6.28.